The molecule has 6 nitrogen and oxygen atoms in total. The first-order valence-corrected chi connectivity index (χ1v) is 10.9. The third-order valence-corrected chi connectivity index (χ3v) is 5.17. The van der Waals surface area contributed by atoms with E-state index in [-0.39, 0.29) is 17.9 Å². The highest BCUT2D eigenvalue weighted by molar-refractivity contribution is 9.10. The van der Waals surface area contributed by atoms with Crippen LogP contribution in [0.3, 0.4) is 0 Å². The quantitative estimate of drug-likeness (QED) is 0.501. The Labute approximate surface area is 187 Å². The molecule has 1 atom stereocenters. The van der Waals surface area contributed by atoms with Crippen LogP contribution >= 0.6 is 31.9 Å². The van der Waals surface area contributed by atoms with Crippen LogP contribution in [0.4, 0.5) is 0 Å². The Morgan fingerprint density at radius 3 is 1.83 bits per heavy atom. The summed E-state index contributed by atoms with van der Waals surface area (Å²) in [6.45, 7) is 7.02. The van der Waals surface area contributed by atoms with E-state index in [4.69, 9.17) is 9.47 Å². The first-order chi connectivity index (χ1) is 13.8. The summed E-state index contributed by atoms with van der Waals surface area (Å²) in [7, 11) is 0. The maximum atomic E-state index is 12.4. The summed E-state index contributed by atoms with van der Waals surface area (Å²) in [4.78, 5) is 24.8. The van der Waals surface area contributed by atoms with Crippen molar-refractivity contribution in [2.24, 2.45) is 0 Å². The average Bonchev–Trinajstić information content (AvgIpc) is 2.69. The minimum Gasteiger partial charge on any atom is -0.493 e. The highest BCUT2D eigenvalue weighted by atomic mass is 79.9. The maximum Gasteiger partial charge on any atom is 0.251 e. The van der Waals surface area contributed by atoms with Crippen LogP contribution in [0.2, 0.25) is 0 Å². The summed E-state index contributed by atoms with van der Waals surface area (Å²) in [5.41, 5.74) is 1.02. The minimum atomic E-state index is -0.247. The molecule has 2 aromatic rings. The first kappa shape index (κ1) is 23.2. The molecule has 0 fully saturated rings. The van der Waals surface area contributed by atoms with E-state index in [1.165, 1.54) is 0 Å². The van der Waals surface area contributed by atoms with Crippen LogP contribution in [0.15, 0.2) is 45.3 Å². The van der Waals surface area contributed by atoms with E-state index >= 15 is 0 Å². The highest BCUT2D eigenvalue weighted by Gasteiger charge is 2.14. The molecule has 2 amide bonds. The van der Waals surface area contributed by atoms with Gasteiger partial charge in [0.15, 0.2) is 0 Å². The Bertz CT molecular complexity index is 874. The van der Waals surface area contributed by atoms with Gasteiger partial charge in [-0.05, 0) is 89.0 Å². The Kier molecular flexibility index (Phi) is 8.98. The zero-order valence-electron chi connectivity index (χ0n) is 16.6. The number of halogens is 2. The summed E-state index contributed by atoms with van der Waals surface area (Å²) < 4.78 is 12.3. The fourth-order valence-electron chi connectivity index (χ4n) is 2.54. The molecule has 0 bridgehead atoms. The van der Waals surface area contributed by atoms with Gasteiger partial charge in [-0.1, -0.05) is 0 Å². The molecule has 0 aliphatic carbocycles. The summed E-state index contributed by atoms with van der Waals surface area (Å²) >= 11 is 6.81. The van der Waals surface area contributed by atoms with Crippen LogP contribution in [0.1, 0.15) is 41.5 Å². The van der Waals surface area contributed by atoms with Gasteiger partial charge in [0.1, 0.15) is 11.5 Å². The first-order valence-electron chi connectivity index (χ1n) is 9.29. The molecule has 0 saturated carbocycles. The molecule has 29 heavy (non-hydrogen) atoms. The molecule has 2 aromatic carbocycles. The van der Waals surface area contributed by atoms with Gasteiger partial charge in [0.05, 0.1) is 22.2 Å². The van der Waals surface area contributed by atoms with Gasteiger partial charge >= 0.3 is 0 Å². The predicted octanol–water partition coefficient (Wildman–Crippen LogP) is 4.56. The van der Waals surface area contributed by atoms with Crippen LogP contribution in [0.5, 0.6) is 11.5 Å². The van der Waals surface area contributed by atoms with Gasteiger partial charge in [-0.3, -0.25) is 9.59 Å². The molecule has 2 rings (SSSR count). The van der Waals surface area contributed by atoms with Crippen LogP contribution < -0.4 is 20.1 Å². The standard InChI is InChI=1S/C21H24Br2N2O4/c1-4-28-18-8-6-14(10-16(18)22)20(26)24-12-13(3)25-21(27)15-7-9-19(29-5-2)17(23)11-15/h6-11,13H,4-5,12H2,1-3H3,(H,24,26)(H,25,27). The fraction of sp³-hybridized carbons (Fsp3) is 0.333. The highest BCUT2D eigenvalue weighted by Crippen LogP contribution is 2.27. The summed E-state index contributed by atoms with van der Waals surface area (Å²) in [5, 5.41) is 5.70. The number of carbonyl (C=O) groups is 2. The van der Waals surface area contributed by atoms with E-state index < -0.39 is 0 Å². The van der Waals surface area contributed by atoms with Crippen molar-refractivity contribution < 1.29 is 19.1 Å². The third kappa shape index (κ3) is 6.75. The van der Waals surface area contributed by atoms with Gasteiger partial charge in [-0.2, -0.15) is 0 Å². The van der Waals surface area contributed by atoms with E-state index in [1.807, 2.05) is 20.8 Å². The van der Waals surface area contributed by atoms with Crippen molar-refractivity contribution in [3.63, 3.8) is 0 Å². The van der Waals surface area contributed by atoms with E-state index in [2.05, 4.69) is 42.5 Å². The average molecular weight is 528 g/mol. The smallest absolute Gasteiger partial charge is 0.251 e. The molecule has 0 aliphatic heterocycles. The van der Waals surface area contributed by atoms with Gasteiger partial charge < -0.3 is 20.1 Å². The normalized spacial score (nSPS) is 11.5. The van der Waals surface area contributed by atoms with Crippen LogP contribution in [0, 0.1) is 0 Å². The van der Waals surface area contributed by atoms with Crippen molar-refractivity contribution in [2.45, 2.75) is 26.8 Å². The van der Waals surface area contributed by atoms with E-state index in [1.54, 1.807) is 36.4 Å². The molecular weight excluding hydrogens is 504 g/mol. The second kappa shape index (κ2) is 11.2. The number of ether oxygens (including phenoxy) is 2. The van der Waals surface area contributed by atoms with Gasteiger partial charge in [0, 0.05) is 23.7 Å². The zero-order valence-corrected chi connectivity index (χ0v) is 19.7. The molecular formula is C21H24Br2N2O4. The molecule has 156 valence electrons. The second-order valence-corrected chi connectivity index (χ2v) is 7.95. The van der Waals surface area contributed by atoms with E-state index in [9.17, 15) is 9.59 Å². The summed E-state index contributed by atoms with van der Waals surface area (Å²) in [6.07, 6.45) is 0. The Morgan fingerprint density at radius 2 is 1.38 bits per heavy atom. The van der Waals surface area contributed by atoms with Crippen molar-refractivity contribution in [2.75, 3.05) is 19.8 Å². The van der Waals surface area contributed by atoms with Crippen molar-refractivity contribution in [3.8, 4) is 11.5 Å². The van der Waals surface area contributed by atoms with Gasteiger partial charge in [-0.25, -0.2) is 0 Å². The molecule has 0 aliphatic rings. The maximum absolute atomic E-state index is 12.4. The molecule has 0 spiro atoms. The number of nitrogens with one attached hydrogen (secondary N) is 2. The van der Waals surface area contributed by atoms with E-state index in [0.29, 0.717) is 46.9 Å². The van der Waals surface area contributed by atoms with Crippen LogP contribution in [-0.2, 0) is 0 Å². The Hall–Kier alpha value is -2.06. The fourth-order valence-corrected chi connectivity index (χ4v) is 3.52. The van der Waals surface area contributed by atoms with Crippen molar-refractivity contribution in [3.05, 3.63) is 56.5 Å². The van der Waals surface area contributed by atoms with Crippen molar-refractivity contribution in [1.29, 1.82) is 0 Å². The number of carbonyl (C=O) groups excluding carboxylic acids is 2. The van der Waals surface area contributed by atoms with Crippen molar-refractivity contribution >= 4 is 43.7 Å². The molecule has 0 saturated heterocycles. The third-order valence-electron chi connectivity index (χ3n) is 3.93. The predicted molar refractivity (Wildman–Crippen MR) is 120 cm³/mol. The Morgan fingerprint density at radius 1 is 0.897 bits per heavy atom. The lowest BCUT2D eigenvalue weighted by Crippen LogP contribution is -2.41. The number of amides is 2. The van der Waals surface area contributed by atoms with Crippen LogP contribution in [-0.4, -0.2) is 37.6 Å². The molecule has 2 N–H and O–H groups in total. The zero-order chi connectivity index (χ0) is 21.4. The largest absolute Gasteiger partial charge is 0.493 e. The lowest BCUT2D eigenvalue weighted by Gasteiger charge is -2.16. The van der Waals surface area contributed by atoms with Gasteiger partial charge in [-0.15, -0.1) is 0 Å². The minimum absolute atomic E-state index is 0.223. The van der Waals surface area contributed by atoms with Crippen LogP contribution in [0.25, 0.3) is 0 Å². The summed E-state index contributed by atoms with van der Waals surface area (Å²) in [6, 6.07) is 10.1. The number of benzene rings is 2. The molecule has 0 heterocycles. The molecule has 1 unspecified atom stereocenters. The summed E-state index contributed by atoms with van der Waals surface area (Å²) in [5.74, 6) is 0.926. The number of hydrogen-bond acceptors (Lipinski definition) is 4. The number of rotatable bonds is 9. The van der Waals surface area contributed by atoms with Gasteiger partial charge in [0.2, 0.25) is 0 Å². The van der Waals surface area contributed by atoms with Crippen molar-refractivity contribution in [1.82, 2.24) is 10.6 Å². The molecule has 0 radical (unpaired) electrons. The van der Waals surface area contributed by atoms with E-state index in [0.717, 1.165) is 4.47 Å². The lowest BCUT2D eigenvalue weighted by atomic mass is 10.2. The topological polar surface area (TPSA) is 76.7 Å². The monoisotopic (exact) mass is 526 g/mol. The number of hydrogen-bond donors (Lipinski definition) is 2. The van der Waals surface area contributed by atoms with Gasteiger partial charge in [0.25, 0.3) is 11.8 Å². The Balaban J connectivity index is 1.89. The lowest BCUT2D eigenvalue weighted by molar-refractivity contribution is 0.0912. The SMILES string of the molecule is CCOc1ccc(C(=O)NCC(C)NC(=O)c2ccc(OCC)c(Br)c2)cc1Br. The second-order valence-electron chi connectivity index (χ2n) is 6.24. The molecule has 8 heteroatoms. The molecule has 0 aromatic heterocycles.